The van der Waals surface area contributed by atoms with E-state index < -0.39 is 0 Å². The first-order valence-electron chi connectivity index (χ1n) is 13.0. The third kappa shape index (κ3) is 4.99. The SMILES string of the molecule is COc1cc2c(cc1OC(C)C)-c1ccc(C(=O)N3CCCN(C(C)=O)CCC3)n1C(c1cccs1)C2. The van der Waals surface area contributed by atoms with Crippen molar-refractivity contribution >= 4 is 23.2 Å². The largest absolute Gasteiger partial charge is 0.493 e. The van der Waals surface area contributed by atoms with Crippen molar-refractivity contribution in [3.63, 3.8) is 0 Å². The van der Waals surface area contributed by atoms with Crippen molar-refractivity contribution in [2.75, 3.05) is 33.3 Å². The molecule has 37 heavy (non-hydrogen) atoms. The Morgan fingerprint density at radius 2 is 1.73 bits per heavy atom. The van der Waals surface area contributed by atoms with Crippen LogP contribution >= 0.6 is 11.3 Å². The van der Waals surface area contributed by atoms with Gasteiger partial charge in [0, 0.05) is 49.2 Å². The summed E-state index contributed by atoms with van der Waals surface area (Å²) < 4.78 is 14.0. The molecule has 1 saturated heterocycles. The lowest BCUT2D eigenvalue weighted by molar-refractivity contribution is -0.129. The average molecular weight is 522 g/mol. The molecule has 196 valence electrons. The molecule has 0 radical (unpaired) electrons. The second-order valence-corrected chi connectivity index (χ2v) is 11.0. The van der Waals surface area contributed by atoms with Gasteiger partial charge < -0.3 is 23.8 Å². The summed E-state index contributed by atoms with van der Waals surface area (Å²) in [5.41, 5.74) is 4.00. The number of thiophene rings is 1. The lowest BCUT2D eigenvalue weighted by Crippen LogP contribution is -2.42. The number of benzene rings is 1. The Morgan fingerprint density at radius 3 is 2.35 bits per heavy atom. The Morgan fingerprint density at radius 1 is 1.00 bits per heavy atom. The number of carbonyl (C=O) groups excluding carboxylic acids is 2. The van der Waals surface area contributed by atoms with Crippen molar-refractivity contribution in [2.45, 2.75) is 52.2 Å². The molecule has 2 amide bonds. The fourth-order valence-electron chi connectivity index (χ4n) is 5.51. The van der Waals surface area contributed by atoms with Gasteiger partial charge in [-0.05, 0) is 74.4 Å². The summed E-state index contributed by atoms with van der Waals surface area (Å²) in [5, 5.41) is 2.09. The Kier molecular flexibility index (Phi) is 7.29. The average Bonchev–Trinajstić information content (AvgIpc) is 3.53. The molecule has 0 aliphatic carbocycles. The van der Waals surface area contributed by atoms with E-state index in [1.54, 1.807) is 25.4 Å². The zero-order valence-electron chi connectivity index (χ0n) is 22.0. The Bertz CT molecular complexity index is 1270. The quantitative estimate of drug-likeness (QED) is 0.461. The lowest BCUT2D eigenvalue weighted by atomic mass is 9.92. The summed E-state index contributed by atoms with van der Waals surface area (Å²) in [4.78, 5) is 30.8. The number of hydrogen-bond donors (Lipinski definition) is 0. The zero-order valence-corrected chi connectivity index (χ0v) is 22.8. The summed E-state index contributed by atoms with van der Waals surface area (Å²) in [6.45, 7) is 8.30. The van der Waals surface area contributed by atoms with Gasteiger partial charge in [0.05, 0.1) is 19.3 Å². The molecular formula is C29H35N3O4S. The minimum absolute atomic E-state index is 0.0179. The summed E-state index contributed by atoms with van der Waals surface area (Å²) in [7, 11) is 1.67. The zero-order chi connectivity index (χ0) is 26.1. The number of aromatic nitrogens is 1. The van der Waals surface area contributed by atoms with Crippen LogP contribution < -0.4 is 9.47 Å². The van der Waals surface area contributed by atoms with E-state index in [4.69, 9.17) is 9.47 Å². The number of nitrogens with zero attached hydrogens (tertiary/aromatic N) is 3. The molecule has 2 aliphatic heterocycles. The van der Waals surface area contributed by atoms with E-state index in [1.807, 2.05) is 29.7 Å². The van der Waals surface area contributed by atoms with Gasteiger partial charge in [-0.2, -0.15) is 0 Å². The molecule has 2 aliphatic rings. The topological polar surface area (TPSA) is 64.0 Å². The predicted octanol–water partition coefficient (Wildman–Crippen LogP) is 5.24. The first kappa shape index (κ1) is 25.4. The van der Waals surface area contributed by atoms with Crippen LogP contribution in [0.4, 0.5) is 0 Å². The molecular weight excluding hydrogens is 486 g/mol. The van der Waals surface area contributed by atoms with E-state index >= 15 is 0 Å². The van der Waals surface area contributed by atoms with Crippen molar-refractivity contribution in [1.82, 2.24) is 14.4 Å². The van der Waals surface area contributed by atoms with Gasteiger partial charge in [-0.25, -0.2) is 0 Å². The molecule has 1 fully saturated rings. The Hall–Kier alpha value is -3.26. The van der Waals surface area contributed by atoms with Gasteiger partial charge in [0.25, 0.3) is 5.91 Å². The van der Waals surface area contributed by atoms with Gasteiger partial charge in [-0.1, -0.05) is 6.07 Å². The molecule has 4 heterocycles. The van der Waals surface area contributed by atoms with E-state index in [-0.39, 0.29) is 24.0 Å². The van der Waals surface area contributed by atoms with Crippen molar-refractivity contribution in [3.05, 3.63) is 57.9 Å². The number of fused-ring (bicyclic) bond motifs is 3. The van der Waals surface area contributed by atoms with E-state index in [9.17, 15) is 9.59 Å². The number of methoxy groups -OCH3 is 1. The maximum Gasteiger partial charge on any atom is 0.270 e. The first-order valence-corrected chi connectivity index (χ1v) is 13.9. The Labute approximate surface area is 222 Å². The fraction of sp³-hybridized carbons (Fsp3) is 0.448. The van der Waals surface area contributed by atoms with Crippen LogP contribution in [0.1, 0.15) is 60.6 Å². The second-order valence-electron chi connectivity index (χ2n) is 10.0. The third-order valence-corrected chi connectivity index (χ3v) is 8.18. The van der Waals surface area contributed by atoms with Crippen LogP contribution in [0.3, 0.4) is 0 Å². The molecule has 8 heteroatoms. The molecule has 2 aromatic heterocycles. The van der Waals surface area contributed by atoms with Gasteiger partial charge in [-0.3, -0.25) is 9.59 Å². The molecule has 0 bridgehead atoms. The number of ether oxygens (including phenoxy) is 2. The molecule has 1 aromatic carbocycles. The minimum Gasteiger partial charge on any atom is -0.493 e. The van der Waals surface area contributed by atoms with Gasteiger partial charge in [0.1, 0.15) is 5.69 Å². The molecule has 0 N–H and O–H groups in total. The van der Waals surface area contributed by atoms with Crippen LogP contribution in [0.15, 0.2) is 41.8 Å². The Balaban J connectivity index is 1.53. The highest BCUT2D eigenvalue weighted by atomic mass is 32.1. The second kappa shape index (κ2) is 10.6. The highest BCUT2D eigenvalue weighted by Crippen LogP contribution is 2.45. The normalized spacial score (nSPS) is 17.6. The van der Waals surface area contributed by atoms with Gasteiger partial charge in [-0.15, -0.1) is 11.3 Å². The van der Waals surface area contributed by atoms with E-state index in [2.05, 4.69) is 40.3 Å². The number of amides is 2. The molecule has 7 nitrogen and oxygen atoms in total. The van der Waals surface area contributed by atoms with Crippen LogP contribution in [0.25, 0.3) is 11.3 Å². The lowest BCUT2D eigenvalue weighted by Gasteiger charge is -2.33. The van der Waals surface area contributed by atoms with E-state index in [0.717, 1.165) is 36.3 Å². The first-order chi connectivity index (χ1) is 17.9. The molecule has 0 spiro atoms. The fourth-order valence-corrected chi connectivity index (χ4v) is 6.33. The third-order valence-electron chi connectivity index (χ3n) is 7.21. The molecule has 0 saturated carbocycles. The number of rotatable bonds is 5. The van der Waals surface area contributed by atoms with Crippen LogP contribution in [0.2, 0.25) is 0 Å². The molecule has 1 unspecified atom stereocenters. The standard InChI is InChI=1S/C29H35N3O4S/c1-19(2)36-27-18-22-21(17-26(27)35-4)16-25(28-8-5-15-37-28)32-23(22)9-10-24(32)29(34)31-13-6-11-30(20(3)33)12-7-14-31/h5,8-10,15,17-19,25H,6-7,11-14,16H2,1-4H3. The van der Waals surface area contributed by atoms with Gasteiger partial charge >= 0.3 is 0 Å². The van der Waals surface area contributed by atoms with Crippen molar-refractivity contribution in [1.29, 1.82) is 0 Å². The summed E-state index contributed by atoms with van der Waals surface area (Å²) in [6, 6.07) is 12.4. The van der Waals surface area contributed by atoms with Crippen LogP contribution in [0.5, 0.6) is 11.5 Å². The van der Waals surface area contributed by atoms with Crippen LogP contribution in [0, 0.1) is 0 Å². The minimum atomic E-state index is 0.0179. The summed E-state index contributed by atoms with van der Waals surface area (Å²) in [6.07, 6.45) is 2.35. The van der Waals surface area contributed by atoms with Crippen molar-refractivity contribution < 1.29 is 19.1 Å². The van der Waals surface area contributed by atoms with Gasteiger partial charge in [0.2, 0.25) is 5.91 Å². The van der Waals surface area contributed by atoms with Gasteiger partial charge in [0.15, 0.2) is 11.5 Å². The maximum absolute atomic E-state index is 13.9. The van der Waals surface area contributed by atoms with Crippen LogP contribution in [-0.2, 0) is 11.2 Å². The van der Waals surface area contributed by atoms with Crippen molar-refractivity contribution in [3.8, 4) is 22.8 Å². The van der Waals surface area contributed by atoms with E-state index in [1.165, 1.54) is 10.4 Å². The molecule has 3 aromatic rings. The highest BCUT2D eigenvalue weighted by Gasteiger charge is 2.33. The maximum atomic E-state index is 13.9. The number of hydrogen-bond acceptors (Lipinski definition) is 5. The smallest absolute Gasteiger partial charge is 0.270 e. The monoisotopic (exact) mass is 521 g/mol. The van der Waals surface area contributed by atoms with Crippen molar-refractivity contribution in [2.24, 2.45) is 0 Å². The molecule has 1 atom stereocenters. The van der Waals surface area contributed by atoms with E-state index in [0.29, 0.717) is 37.6 Å². The molecule has 5 rings (SSSR count). The summed E-state index contributed by atoms with van der Waals surface area (Å²) in [5.74, 6) is 1.61. The highest BCUT2D eigenvalue weighted by molar-refractivity contribution is 7.10. The number of carbonyl (C=O) groups is 2. The predicted molar refractivity (Wildman–Crippen MR) is 146 cm³/mol. The van der Waals surface area contributed by atoms with Crippen LogP contribution in [-0.4, -0.2) is 65.6 Å². The summed E-state index contributed by atoms with van der Waals surface area (Å²) >= 11 is 1.72.